The Kier molecular flexibility index (Phi) is 13.1. The molecular formula is C18H32IN3O. The van der Waals surface area contributed by atoms with E-state index in [9.17, 15) is 0 Å². The summed E-state index contributed by atoms with van der Waals surface area (Å²) in [5.74, 6) is 1.89. The standard InChI is InChI=1S/C18H31N3O.HI/c1-5-19-18(20-12-9-13-22-4)21-14-17(15(2)3)16-10-7-6-8-11-16;/h6-8,10-11,15,17H,5,9,12-14H2,1-4H3,(H2,19,20,21);1H. The van der Waals surface area contributed by atoms with Gasteiger partial charge in [-0.25, -0.2) is 0 Å². The van der Waals surface area contributed by atoms with Gasteiger partial charge in [-0.05, 0) is 24.8 Å². The summed E-state index contributed by atoms with van der Waals surface area (Å²) in [5, 5.41) is 6.66. The first-order valence-corrected chi connectivity index (χ1v) is 8.25. The lowest BCUT2D eigenvalue weighted by atomic mass is 9.88. The molecule has 0 aliphatic heterocycles. The fourth-order valence-corrected chi connectivity index (χ4v) is 2.36. The summed E-state index contributed by atoms with van der Waals surface area (Å²) in [5.41, 5.74) is 1.36. The van der Waals surface area contributed by atoms with Gasteiger partial charge < -0.3 is 15.4 Å². The quantitative estimate of drug-likeness (QED) is 0.271. The topological polar surface area (TPSA) is 45.7 Å². The maximum atomic E-state index is 5.07. The molecule has 1 unspecified atom stereocenters. The van der Waals surface area contributed by atoms with Crippen LogP contribution in [0.2, 0.25) is 0 Å². The van der Waals surface area contributed by atoms with Crippen molar-refractivity contribution in [2.24, 2.45) is 10.9 Å². The van der Waals surface area contributed by atoms with Crippen molar-refractivity contribution in [2.75, 3.05) is 33.4 Å². The molecule has 0 fully saturated rings. The van der Waals surface area contributed by atoms with E-state index in [-0.39, 0.29) is 24.0 Å². The number of hydrogen-bond donors (Lipinski definition) is 2. The normalized spacial score (nSPS) is 12.7. The Labute approximate surface area is 158 Å². The SMILES string of the molecule is CCNC(=NCC(c1ccccc1)C(C)C)NCCCOC.I. The van der Waals surface area contributed by atoms with Crippen LogP contribution in [0.25, 0.3) is 0 Å². The average Bonchev–Trinajstić information content (AvgIpc) is 2.52. The van der Waals surface area contributed by atoms with Gasteiger partial charge in [-0.2, -0.15) is 0 Å². The smallest absolute Gasteiger partial charge is 0.191 e. The van der Waals surface area contributed by atoms with E-state index in [2.05, 4.69) is 61.7 Å². The minimum Gasteiger partial charge on any atom is -0.385 e. The zero-order valence-corrected chi connectivity index (χ0v) is 17.2. The highest BCUT2D eigenvalue weighted by Crippen LogP contribution is 2.24. The molecule has 4 nitrogen and oxygen atoms in total. The highest BCUT2D eigenvalue weighted by Gasteiger charge is 2.15. The van der Waals surface area contributed by atoms with E-state index in [0.717, 1.165) is 38.6 Å². The van der Waals surface area contributed by atoms with Crippen molar-refractivity contribution in [2.45, 2.75) is 33.1 Å². The highest BCUT2D eigenvalue weighted by molar-refractivity contribution is 14.0. The lowest BCUT2D eigenvalue weighted by molar-refractivity contribution is 0.195. The van der Waals surface area contributed by atoms with Crippen LogP contribution in [0.3, 0.4) is 0 Å². The van der Waals surface area contributed by atoms with E-state index in [4.69, 9.17) is 9.73 Å². The monoisotopic (exact) mass is 433 g/mol. The van der Waals surface area contributed by atoms with Gasteiger partial charge in [0.15, 0.2) is 5.96 Å². The second-order valence-electron chi connectivity index (χ2n) is 5.75. The number of guanidine groups is 1. The Morgan fingerprint density at radius 3 is 2.43 bits per heavy atom. The largest absolute Gasteiger partial charge is 0.385 e. The predicted molar refractivity (Wildman–Crippen MR) is 110 cm³/mol. The average molecular weight is 433 g/mol. The summed E-state index contributed by atoms with van der Waals surface area (Å²) in [4.78, 5) is 4.76. The third-order valence-electron chi connectivity index (χ3n) is 3.64. The van der Waals surface area contributed by atoms with Crippen LogP contribution >= 0.6 is 24.0 Å². The highest BCUT2D eigenvalue weighted by atomic mass is 127. The molecule has 1 rings (SSSR count). The van der Waals surface area contributed by atoms with E-state index in [1.807, 2.05) is 0 Å². The van der Waals surface area contributed by atoms with Gasteiger partial charge in [-0.1, -0.05) is 44.2 Å². The Morgan fingerprint density at radius 2 is 1.87 bits per heavy atom. The molecule has 1 aromatic carbocycles. The van der Waals surface area contributed by atoms with E-state index < -0.39 is 0 Å². The van der Waals surface area contributed by atoms with E-state index in [1.54, 1.807) is 7.11 Å². The van der Waals surface area contributed by atoms with Crippen LogP contribution in [0.5, 0.6) is 0 Å². The van der Waals surface area contributed by atoms with Crippen LogP contribution in [0.4, 0.5) is 0 Å². The zero-order valence-electron chi connectivity index (χ0n) is 14.8. The maximum absolute atomic E-state index is 5.07. The molecule has 0 heterocycles. The number of nitrogens with one attached hydrogen (secondary N) is 2. The number of aliphatic imine (C=N–C) groups is 1. The summed E-state index contributed by atoms with van der Waals surface area (Å²) < 4.78 is 5.07. The van der Waals surface area contributed by atoms with Gasteiger partial charge in [0.25, 0.3) is 0 Å². The lowest BCUT2D eigenvalue weighted by Gasteiger charge is -2.20. The van der Waals surface area contributed by atoms with Crippen LogP contribution in [0, 0.1) is 5.92 Å². The first-order valence-electron chi connectivity index (χ1n) is 8.25. The molecule has 0 radical (unpaired) electrons. The summed E-state index contributed by atoms with van der Waals surface area (Å²) in [7, 11) is 1.73. The molecule has 23 heavy (non-hydrogen) atoms. The van der Waals surface area contributed by atoms with Crippen LogP contribution in [0.15, 0.2) is 35.3 Å². The summed E-state index contributed by atoms with van der Waals surface area (Å²) in [6.45, 7) is 9.90. The Hall–Kier alpha value is -0.820. The summed E-state index contributed by atoms with van der Waals surface area (Å²) >= 11 is 0. The van der Waals surface area contributed by atoms with E-state index >= 15 is 0 Å². The molecule has 5 heteroatoms. The number of methoxy groups -OCH3 is 1. The molecule has 1 aromatic rings. The van der Waals surface area contributed by atoms with Crippen LogP contribution < -0.4 is 10.6 Å². The number of rotatable bonds is 9. The van der Waals surface area contributed by atoms with Crippen LogP contribution in [-0.4, -0.2) is 39.3 Å². The van der Waals surface area contributed by atoms with E-state index in [0.29, 0.717) is 11.8 Å². The molecule has 132 valence electrons. The molecule has 0 aliphatic carbocycles. The molecule has 0 aromatic heterocycles. The summed E-state index contributed by atoms with van der Waals surface area (Å²) in [6.07, 6.45) is 0.979. The van der Waals surface area contributed by atoms with Gasteiger partial charge in [0.1, 0.15) is 0 Å². The van der Waals surface area contributed by atoms with Crippen molar-refractivity contribution >= 4 is 29.9 Å². The zero-order chi connectivity index (χ0) is 16.2. The minimum absolute atomic E-state index is 0. The van der Waals surface area contributed by atoms with Gasteiger partial charge >= 0.3 is 0 Å². The minimum atomic E-state index is 0. The Morgan fingerprint density at radius 1 is 1.17 bits per heavy atom. The molecular weight excluding hydrogens is 401 g/mol. The number of ether oxygens (including phenoxy) is 1. The number of halogens is 1. The second-order valence-corrected chi connectivity index (χ2v) is 5.75. The maximum Gasteiger partial charge on any atom is 0.191 e. The van der Waals surface area contributed by atoms with Crippen molar-refractivity contribution in [3.05, 3.63) is 35.9 Å². The molecule has 2 N–H and O–H groups in total. The van der Waals surface area contributed by atoms with Gasteiger partial charge in [-0.3, -0.25) is 4.99 Å². The third-order valence-corrected chi connectivity index (χ3v) is 3.64. The molecule has 1 atom stereocenters. The van der Waals surface area contributed by atoms with Crippen LogP contribution in [0.1, 0.15) is 38.7 Å². The fraction of sp³-hybridized carbons (Fsp3) is 0.611. The van der Waals surface area contributed by atoms with Crippen molar-refractivity contribution in [3.63, 3.8) is 0 Å². The molecule has 0 spiro atoms. The molecule has 0 saturated carbocycles. The third kappa shape index (κ3) is 9.15. The Bertz CT molecular complexity index is 424. The molecule has 0 aliphatic rings. The van der Waals surface area contributed by atoms with E-state index in [1.165, 1.54) is 5.56 Å². The van der Waals surface area contributed by atoms with Crippen molar-refractivity contribution in [3.8, 4) is 0 Å². The molecule has 0 bridgehead atoms. The van der Waals surface area contributed by atoms with Gasteiger partial charge in [0, 0.05) is 39.3 Å². The van der Waals surface area contributed by atoms with Crippen molar-refractivity contribution in [1.82, 2.24) is 10.6 Å². The summed E-state index contributed by atoms with van der Waals surface area (Å²) in [6, 6.07) is 10.6. The second kappa shape index (κ2) is 13.6. The number of benzene rings is 1. The first-order chi connectivity index (χ1) is 10.7. The fourth-order valence-electron chi connectivity index (χ4n) is 2.36. The van der Waals surface area contributed by atoms with Crippen LogP contribution in [-0.2, 0) is 4.74 Å². The molecule has 0 saturated heterocycles. The Balaban J connectivity index is 0.00000484. The van der Waals surface area contributed by atoms with Gasteiger partial charge in [0.2, 0.25) is 0 Å². The predicted octanol–water partition coefficient (Wildman–Crippen LogP) is 3.64. The van der Waals surface area contributed by atoms with Gasteiger partial charge in [-0.15, -0.1) is 24.0 Å². The number of hydrogen-bond acceptors (Lipinski definition) is 2. The first kappa shape index (κ1) is 22.2. The lowest BCUT2D eigenvalue weighted by Crippen LogP contribution is -2.38. The van der Waals surface area contributed by atoms with Crippen molar-refractivity contribution < 1.29 is 4.74 Å². The van der Waals surface area contributed by atoms with Gasteiger partial charge in [0.05, 0.1) is 0 Å². The number of nitrogens with zero attached hydrogens (tertiary/aromatic N) is 1. The van der Waals surface area contributed by atoms with Crippen molar-refractivity contribution in [1.29, 1.82) is 0 Å². The molecule has 0 amide bonds.